The molecule has 0 aliphatic carbocycles. The molecule has 0 atom stereocenters. The van der Waals surface area contributed by atoms with Crippen molar-refractivity contribution in [1.29, 1.82) is 5.41 Å². The van der Waals surface area contributed by atoms with Crippen molar-refractivity contribution in [3.05, 3.63) is 65.4 Å². The van der Waals surface area contributed by atoms with E-state index in [4.69, 9.17) is 5.41 Å². The number of halogens is 2. The van der Waals surface area contributed by atoms with Gasteiger partial charge in [-0.25, -0.2) is 8.78 Å². The fraction of sp³-hybridized carbons (Fsp3) is 0.125. The Kier molecular flexibility index (Phi) is 3.25. The highest BCUT2D eigenvalue weighted by molar-refractivity contribution is 6.06. The van der Waals surface area contributed by atoms with Crippen LogP contribution < -0.4 is 0 Å². The highest BCUT2D eigenvalue weighted by atomic mass is 19.1. The Hall–Kier alpha value is -2.56. The molecule has 5 heteroatoms. The van der Waals surface area contributed by atoms with Gasteiger partial charge in [0.1, 0.15) is 22.8 Å². The SMILES string of the molecule is CC(=N)c1nn(Cc2ccccc2F)c2c(F)cccc12. The second kappa shape index (κ2) is 5.09. The smallest absolute Gasteiger partial charge is 0.149 e. The average Bonchev–Trinajstić information content (AvgIpc) is 2.82. The minimum atomic E-state index is -0.427. The largest absolute Gasteiger partial charge is 0.303 e. The number of fused-ring (bicyclic) bond motifs is 1. The number of hydrogen-bond acceptors (Lipinski definition) is 2. The predicted molar refractivity (Wildman–Crippen MR) is 77.7 cm³/mol. The summed E-state index contributed by atoms with van der Waals surface area (Å²) in [6.07, 6.45) is 0. The molecule has 0 aliphatic heterocycles. The molecule has 1 heterocycles. The highest BCUT2D eigenvalue weighted by Crippen LogP contribution is 2.23. The Balaban J connectivity index is 2.19. The summed E-state index contributed by atoms with van der Waals surface area (Å²) in [5.74, 6) is -0.783. The summed E-state index contributed by atoms with van der Waals surface area (Å²) in [5, 5.41) is 12.6. The molecule has 3 nitrogen and oxygen atoms in total. The van der Waals surface area contributed by atoms with Crippen molar-refractivity contribution >= 4 is 16.6 Å². The van der Waals surface area contributed by atoms with Crippen LogP contribution in [0.5, 0.6) is 0 Å². The normalized spacial score (nSPS) is 11.0. The van der Waals surface area contributed by atoms with Gasteiger partial charge >= 0.3 is 0 Å². The number of para-hydroxylation sites is 1. The van der Waals surface area contributed by atoms with Crippen LogP contribution in [0.15, 0.2) is 42.5 Å². The zero-order valence-corrected chi connectivity index (χ0v) is 11.4. The number of aromatic nitrogens is 2. The lowest BCUT2D eigenvalue weighted by Gasteiger charge is -2.05. The molecule has 0 radical (unpaired) electrons. The quantitative estimate of drug-likeness (QED) is 0.732. The molecule has 21 heavy (non-hydrogen) atoms. The van der Waals surface area contributed by atoms with Crippen molar-refractivity contribution in [3.63, 3.8) is 0 Å². The van der Waals surface area contributed by atoms with E-state index in [1.165, 1.54) is 16.8 Å². The number of benzene rings is 2. The molecule has 0 saturated heterocycles. The molecule has 3 aromatic rings. The lowest BCUT2D eigenvalue weighted by Crippen LogP contribution is -2.05. The minimum Gasteiger partial charge on any atom is -0.303 e. The van der Waals surface area contributed by atoms with Crippen molar-refractivity contribution < 1.29 is 8.78 Å². The third-order valence-electron chi connectivity index (χ3n) is 3.35. The molecule has 0 amide bonds. The van der Waals surface area contributed by atoms with Crippen LogP contribution >= 0.6 is 0 Å². The summed E-state index contributed by atoms with van der Waals surface area (Å²) in [7, 11) is 0. The summed E-state index contributed by atoms with van der Waals surface area (Å²) in [4.78, 5) is 0. The van der Waals surface area contributed by atoms with Gasteiger partial charge in [0, 0.05) is 10.9 Å². The van der Waals surface area contributed by atoms with E-state index in [0.29, 0.717) is 22.2 Å². The monoisotopic (exact) mass is 285 g/mol. The van der Waals surface area contributed by atoms with Crippen LogP contribution in [0.3, 0.4) is 0 Å². The highest BCUT2D eigenvalue weighted by Gasteiger charge is 2.16. The minimum absolute atomic E-state index is 0.122. The van der Waals surface area contributed by atoms with Gasteiger partial charge < -0.3 is 5.41 Å². The topological polar surface area (TPSA) is 41.7 Å². The number of nitrogens with one attached hydrogen (secondary N) is 1. The Bertz CT molecular complexity index is 837. The molecule has 0 saturated carbocycles. The maximum absolute atomic E-state index is 14.1. The van der Waals surface area contributed by atoms with Gasteiger partial charge in [-0.05, 0) is 19.1 Å². The second-order valence-corrected chi connectivity index (χ2v) is 4.86. The first-order valence-electron chi connectivity index (χ1n) is 6.52. The lowest BCUT2D eigenvalue weighted by atomic mass is 10.1. The summed E-state index contributed by atoms with van der Waals surface area (Å²) in [6.45, 7) is 1.72. The van der Waals surface area contributed by atoms with Gasteiger partial charge in [0.2, 0.25) is 0 Å². The molecule has 0 fully saturated rings. The van der Waals surface area contributed by atoms with Crippen molar-refractivity contribution in [3.8, 4) is 0 Å². The molecule has 0 bridgehead atoms. The molecule has 1 N–H and O–H groups in total. The maximum Gasteiger partial charge on any atom is 0.149 e. The first-order chi connectivity index (χ1) is 10.1. The van der Waals surface area contributed by atoms with Gasteiger partial charge in [-0.1, -0.05) is 30.3 Å². The predicted octanol–water partition coefficient (Wildman–Crippen LogP) is 3.75. The van der Waals surface area contributed by atoms with Crippen LogP contribution in [0.25, 0.3) is 10.9 Å². The third-order valence-corrected chi connectivity index (χ3v) is 3.35. The summed E-state index contributed by atoms with van der Waals surface area (Å²) in [6, 6.07) is 11.0. The first kappa shape index (κ1) is 13.4. The van der Waals surface area contributed by atoms with Crippen molar-refractivity contribution in [2.24, 2.45) is 0 Å². The molecule has 106 valence electrons. The fourth-order valence-electron chi connectivity index (χ4n) is 2.37. The summed E-state index contributed by atoms with van der Waals surface area (Å²) in [5.41, 5.74) is 1.39. The Morgan fingerprint density at radius 1 is 1.10 bits per heavy atom. The fourth-order valence-corrected chi connectivity index (χ4v) is 2.37. The molecular weight excluding hydrogens is 272 g/mol. The Morgan fingerprint density at radius 3 is 2.52 bits per heavy atom. The third kappa shape index (κ3) is 2.31. The van der Waals surface area contributed by atoms with Crippen molar-refractivity contribution in [1.82, 2.24) is 9.78 Å². The van der Waals surface area contributed by atoms with Crippen LogP contribution in [-0.2, 0) is 6.54 Å². The van der Waals surface area contributed by atoms with Crippen LogP contribution in [0, 0.1) is 17.0 Å². The molecule has 0 unspecified atom stereocenters. The molecular formula is C16H13F2N3. The zero-order valence-electron chi connectivity index (χ0n) is 11.4. The molecule has 0 aliphatic rings. The van der Waals surface area contributed by atoms with E-state index in [0.717, 1.165) is 0 Å². The zero-order chi connectivity index (χ0) is 15.0. The van der Waals surface area contributed by atoms with Gasteiger partial charge in [-0.15, -0.1) is 0 Å². The van der Waals surface area contributed by atoms with E-state index in [2.05, 4.69) is 5.10 Å². The van der Waals surface area contributed by atoms with E-state index in [9.17, 15) is 8.78 Å². The first-order valence-corrected chi connectivity index (χ1v) is 6.52. The van der Waals surface area contributed by atoms with Gasteiger partial charge in [0.25, 0.3) is 0 Å². The second-order valence-electron chi connectivity index (χ2n) is 4.86. The number of rotatable bonds is 3. The van der Waals surface area contributed by atoms with Gasteiger partial charge in [0.15, 0.2) is 0 Å². The molecule has 0 spiro atoms. The van der Waals surface area contributed by atoms with Crippen LogP contribution in [-0.4, -0.2) is 15.5 Å². The lowest BCUT2D eigenvalue weighted by molar-refractivity contribution is 0.581. The average molecular weight is 285 g/mol. The van der Waals surface area contributed by atoms with Gasteiger partial charge in [-0.2, -0.15) is 5.10 Å². The van der Waals surface area contributed by atoms with E-state index in [1.807, 2.05) is 0 Å². The standard InChI is InChI=1S/C16H13F2N3/c1-10(19)15-12-6-4-8-14(18)16(12)21(20-15)9-11-5-2-3-7-13(11)17/h2-8,19H,9H2,1H3. The van der Waals surface area contributed by atoms with Crippen molar-refractivity contribution in [2.75, 3.05) is 0 Å². The van der Waals surface area contributed by atoms with Crippen molar-refractivity contribution in [2.45, 2.75) is 13.5 Å². The van der Waals surface area contributed by atoms with E-state index >= 15 is 0 Å². The Labute approximate surface area is 120 Å². The summed E-state index contributed by atoms with van der Waals surface area (Å²) >= 11 is 0. The molecule has 3 rings (SSSR count). The van der Waals surface area contributed by atoms with E-state index in [-0.39, 0.29) is 18.1 Å². The van der Waals surface area contributed by atoms with E-state index < -0.39 is 5.82 Å². The number of hydrogen-bond donors (Lipinski definition) is 1. The van der Waals surface area contributed by atoms with Crippen LogP contribution in [0.4, 0.5) is 8.78 Å². The molecule has 2 aromatic carbocycles. The van der Waals surface area contributed by atoms with Crippen LogP contribution in [0.1, 0.15) is 18.2 Å². The summed E-state index contributed by atoms with van der Waals surface area (Å²) < 4.78 is 29.3. The van der Waals surface area contributed by atoms with E-state index in [1.54, 1.807) is 37.3 Å². The Morgan fingerprint density at radius 2 is 1.81 bits per heavy atom. The van der Waals surface area contributed by atoms with Gasteiger partial charge in [-0.3, -0.25) is 4.68 Å². The number of nitrogens with zero attached hydrogens (tertiary/aromatic N) is 2. The maximum atomic E-state index is 14.1. The van der Waals surface area contributed by atoms with Crippen LogP contribution in [0.2, 0.25) is 0 Å². The molecule has 1 aromatic heterocycles. The van der Waals surface area contributed by atoms with Gasteiger partial charge in [0.05, 0.1) is 12.3 Å².